The van der Waals surface area contributed by atoms with E-state index in [2.05, 4.69) is 16.2 Å². The molecule has 1 aliphatic heterocycles. The molecular weight excluding hydrogens is 244 g/mol. The zero-order valence-electron chi connectivity index (χ0n) is 10.6. The first-order chi connectivity index (χ1) is 9.24. The Labute approximate surface area is 112 Å². The van der Waals surface area contributed by atoms with Crippen LogP contribution >= 0.6 is 0 Å². The zero-order valence-corrected chi connectivity index (χ0v) is 10.6. The van der Waals surface area contributed by atoms with Crippen molar-refractivity contribution in [1.82, 2.24) is 10.3 Å². The highest BCUT2D eigenvalue weighted by molar-refractivity contribution is 5.87. The number of rotatable bonds is 3. The molecule has 1 aromatic heterocycles. The molecule has 19 heavy (non-hydrogen) atoms. The molecule has 5 heteroatoms. The van der Waals surface area contributed by atoms with E-state index in [1.165, 1.54) is 0 Å². The van der Waals surface area contributed by atoms with E-state index >= 15 is 0 Å². The van der Waals surface area contributed by atoms with E-state index in [0.717, 1.165) is 25.9 Å². The van der Waals surface area contributed by atoms with E-state index in [0.29, 0.717) is 24.1 Å². The van der Waals surface area contributed by atoms with Gasteiger partial charge in [-0.3, -0.25) is 0 Å². The van der Waals surface area contributed by atoms with Crippen LogP contribution in [0, 0.1) is 17.8 Å². The van der Waals surface area contributed by atoms with Crippen molar-refractivity contribution in [3.05, 3.63) is 23.9 Å². The monoisotopic (exact) mass is 260 g/mol. The van der Waals surface area contributed by atoms with Crippen LogP contribution in [-0.4, -0.2) is 35.8 Å². The number of aromatic nitrogens is 1. The highest BCUT2D eigenvalue weighted by atomic mass is 16.5. The summed E-state index contributed by atoms with van der Waals surface area (Å²) in [4.78, 5) is 14.5. The average Bonchev–Trinajstić information content (AvgIpc) is 2.44. The third kappa shape index (κ3) is 4.60. The molecule has 2 heterocycles. The average molecular weight is 260 g/mol. The van der Waals surface area contributed by atoms with Crippen molar-refractivity contribution >= 4 is 5.97 Å². The number of aliphatic carboxylic acids is 1. The first kappa shape index (κ1) is 13.4. The normalized spacial score (nSPS) is 15.4. The van der Waals surface area contributed by atoms with Crippen LogP contribution in [0.2, 0.25) is 0 Å². The smallest absolute Gasteiger partial charge is 0.382 e. The molecule has 1 fully saturated rings. The van der Waals surface area contributed by atoms with Crippen LogP contribution in [0.15, 0.2) is 18.2 Å². The van der Waals surface area contributed by atoms with Crippen LogP contribution in [0.3, 0.4) is 0 Å². The molecule has 0 bridgehead atoms. The number of ether oxygens (including phenoxy) is 1. The van der Waals surface area contributed by atoms with Gasteiger partial charge in [-0.25, -0.2) is 9.78 Å². The summed E-state index contributed by atoms with van der Waals surface area (Å²) < 4.78 is 5.64. The van der Waals surface area contributed by atoms with Gasteiger partial charge in [-0.2, -0.15) is 0 Å². The molecule has 0 spiro atoms. The lowest BCUT2D eigenvalue weighted by Crippen LogP contribution is -2.30. The maximum absolute atomic E-state index is 10.4. The lowest BCUT2D eigenvalue weighted by molar-refractivity contribution is -0.130. The SMILES string of the molecule is O=C(O)C#Cc1cccc(OCC2CCNCC2)n1. The standard InChI is InChI=1S/C14H16N2O3/c17-14(18)5-4-12-2-1-3-13(16-12)19-10-11-6-8-15-9-7-11/h1-3,11,15H,6-10H2,(H,17,18). The van der Waals surface area contributed by atoms with Crippen LogP contribution in [0.5, 0.6) is 5.88 Å². The molecule has 0 atom stereocenters. The van der Waals surface area contributed by atoms with Crippen molar-refractivity contribution in [3.63, 3.8) is 0 Å². The number of nitrogens with one attached hydrogen (secondary N) is 1. The molecule has 0 aliphatic carbocycles. The molecule has 5 nitrogen and oxygen atoms in total. The molecule has 0 aromatic carbocycles. The number of pyridine rings is 1. The Bertz CT molecular complexity index is 499. The van der Waals surface area contributed by atoms with E-state index < -0.39 is 5.97 Å². The molecule has 2 rings (SSSR count). The molecule has 1 saturated heterocycles. The Morgan fingerprint density at radius 3 is 3.00 bits per heavy atom. The molecule has 0 amide bonds. The summed E-state index contributed by atoms with van der Waals surface area (Å²) in [6.45, 7) is 2.71. The minimum Gasteiger partial charge on any atom is -0.477 e. The lowest BCUT2D eigenvalue weighted by Gasteiger charge is -2.22. The Balaban J connectivity index is 1.91. The van der Waals surface area contributed by atoms with Gasteiger partial charge in [0.2, 0.25) is 5.88 Å². The summed E-state index contributed by atoms with van der Waals surface area (Å²) >= 11 is 0. The summed E-state index contributed by atoms with van der Waals surface area (Å²) in [6, 6.07) is 5.18. The van der Waals surface area contributed by atoms with Gasteiger partial charge < -0.3 is 15.2 Å². The Morgan fingerprint density at radius 1 is 1.47 bits per heavy atom. The highest BCUT2D eigenvalue weighted by Gasteiger charge is 2.13. The third-order valence-corrected chi connectivity index (χ3v) is 2.95. The minimum absolute atomic E-state index is 0.408. The first-order valence-electron chi connectivity index (χ1n) is 6.29. The third-order valence-electron chi connectivity index (χ3n) is 2.95. The molecular formula is C14H16N2O3. The van der Waals surface area contributed by atoms with E-state index in [1.54, 1.807) is 18.2 Å². The summed E-state index contributed by atoms with van der Waals surface area (Å²) in [5.74, 6) is 4.39. The quantitative estimate of drug-likeness (QED) is 0.790. The Morgan fingerprint density at radius 2 is 2.26 bits per heavy atom. The Kier molecular flexibility index (Phi) is 4.76. The van der Waals surface area contributed by atoms with Crippen molar-refractivity contribution < 1.29 is 14.6 Å². The summed E-state index contributed by atoms with van der Waals surface area (Å²) in [7, 11) is 0. The summed E-state index contributed by atoms with van der Waals surface area (Å²) in [5.41, 5.74) is 0.408. The molecule has 100 valence electrons. The number of carboxylic acid groups (broad SMARTS) is 1. The van der Waals surface area contributed by atoms with Crippen LogP contribution in [0.1, 0.15) is 18.5 Å². The Hall–Kier alpha value is -2.06. The highest BCUT2D eigenvalue weighted by Crippen LogP contribution is 2.14. The fourth-order valence-corrected chi connectivity index (χ4v) is 1.93. The predicted molar refractivity (Wildman–Crippen MR) is 69.8 cm³/mol. The lowest BCUT2D eigenvalue weighted by atomic mass is 9.99. The van der Waals surface area contributed by atoms with Gasteiger partial charge in [0.25, 0.3) is 0 Å². The van der Waals surface area contributed by atoms with Gasteiger partial charge >= 0.3 is 5.97 Å². The minimum atomic E-state index is -1.16. The van der Waals surface area contributed by atoms with Crippen LogP contribution in [-0.2, 0) is 4.79 Å². The summed E-state index contributed by atoms with van der Waals surface area (Å²) in [6.07, 6.45) is 2.22. The van der Waals surface area contributed by atoms with Crippen LogP contribution in [0.4, 0.5) is 0 Å². The van der Waals surface area contributed by atoms with Crippen molar-refractivity contribution in [2.75, 3.05) is 19.7 Å². The van der Waals surface area contributed by atoms with Crippen molar-refractivity contribution in [3.8, 4) is 17.7 Å². The van der Waals surface area contributed by atoms with Gasteiger partial charge in [-0.05, 0) is 43.8 Å². The fourth-order valence-electron chi connectivity index (χ4n) is 1.93. The largest absolute Gasteiger partial charge is 0.477 e. The molecule has 0 unspecified atom stereocenters. The number of piperidine rings is 1. The number of hydrogen-bond donors (Lipinski definition) is 2. The van der Waals surface area contributed by atoms with Crippen molar-refractivity contribution in [2.45, 2.75) is 12.8 Å². The molecule has 2 N–H and O–H groups in total. The second-order valence-corrected chi connectivity index (χ2v) is 4.42. The van der Waals surface area contributed by atoms with Crippen molar-refractivity contribution in [2.24, 2.45) is 5.92 Å². The van der Waals surface area contributed by atoms with E-state index in [-0.39, 0.29) is 0 Å². The van der Waals surface area contributed by atoms with Gasteiger partial charge in [0.1, 0.15) is 5.69 Å². The maximum Gasteiger partial charge on any atom is 0.382 e. The second kappa shape index (κ2) is 6.76. The molecule has 0 saturated carbocycles. The van der Waals surface area contributed by atoms with E-state index in [1.807, 2.05) is 5.92 Å². The predicted octanol–water partition coefficient (Wildman–Crippen LogP) is 0.896. The number of hydrogen-bond acceptors (Lipinski definition) is 4. The van der Waals surface area contributed by atoms with E-state index in [9.17, 15) is 4.79 Å². The van der Waals surface area contributed by atoms with Gasteiger partial charge in [-0.1, -0.05) is 6.07 Å². The number of carbonyl (C=O) groups is 1. The van der Waals surface area contributed by atoms with Crippen LogP contribution < -0.4 is 10.1 Å². The van der Waals surface area contributed by atoms with Gasteiger partial charge in [-0.15, -0.1) is 0 Å². The van der Waals surface area contributed by atoms with Crippen molar-refractivity contribution in [1.29, 1.82) is 0 Å². The van der Waals surface area contributed by atoms with Gasteiger partial charge in [0, 0.05) is 12.0 Å². The van der Waals surface area contributed by atoms with Gasteiger partial charge in [0.05, 0.1) is 6.61 Å². The topological polar surface area (TPSA) is 71.5 Å². The number of nitrogens with zero attached hydrogens (tertiary/aromatic N) is 1. The van der Waals surface area contributed by atoms with Gasteiger partial charge in [0.15, 0.2) is 0 Å². The summed E-state index contributed by atoms with van der Waals surface area (Å²) in [5, 5.41) is 11.8. The molecule has 1 aromatic rings. The molecule has 1 aliphatic rings. The fraction of sp³-hybridized carbons (Fsp3) is 0.429. The second-order valence-electron chi connectivity index (χ2n) is 4.42. The van der Waals surface area contributed by atoms with Crippen LogP contribution in [0.25, 0.3) is 0 Å². The zero-order chi connectivity index (χ0) is 13.5. The van der Waals surface area contributed by atoms with E-state index in [4.69, 9.17) is 9.84 Å². The number of carboxylic acids is 1. The first-order valence-corrected chi connectivity index (χ1v) is 6.29. The molecule has 0 radical (unpaired) electrons. The maximum atomic E-state index is 10.4.